The molecule has 1 aromatic rings. The minimum atomic E-state index is -0.739. The van der Waals surface area contributed by atoms with Crippen LogP contribution in [0, 0.1) is 13.8 Å². The van der Waals surface area contributed by atoms with Gasteiger partial charge in [0.1, 0.15) is 0 Å². The van der Waals surface area contributed by atoms with Crippen molar-refractivity contribution in [1.29, 1.82) is 0 Å². The molecule has 0 aromatic heterocycles. The molecule has 0 aliphatic heterocycles. The molecule has 4 nitrogen and oxygen atoms in total. The molecular weight excluding hydrogens is 304 g/mol. The molecule has 1 aromatic carbocycles. The van der Waals surface area contributed by atoms with Gasteiger partial charge in [0.05, 0.1) is 5.92 Å². The number of unbranched alkanes of at least 4 members (excludes halogenated alkanes) is 6. The van der Waals surface area contributed by atoms with Crippen LogP contribution < -0.4 is 0 Å². The first-order valence-electron chi connectivity index (χ1n) is 8.94. The maximum absolute atomic E-state index is 11.6. The molecular formula is C20H30O4. The molecule has 0 bridgehead atoms. The molecule has 0 spiro atoms. The van der Waals surface area contributed by atoms with Crippen LogP contribution in [0.1, 0.15) is 80.4 Å². The van der Waals surface area contributed by atoms with Crippen molar-refractivity contribution < 1.29 is 19.8 Å². The summed E-state index contributed by atoms with van der Waals surface area (Å²) in [4.78, 5) is 22.0. The van der Waals surface area contributed by atoms with E-state index < -0.39 is 17.9 Å². The van der Waals surface area contributed by atoms with Gasteiger partial charge in [0.2, 0.25) is 0 Å². The summed E-state index contributed by atoms with van der Waals surface area (Å²) in [5.41, 5.74) is 3.17. The van der Waals surface area contributed by atoms with Gasteiger partial charge in [-0.3, -0.25) is 9.59 Å². The number of carboxylic acids is 2. The van der Waals surface area contributed by atoms with Crippen molar-refractivity contribution in [3.63, 3.8) is 0 Å². The van der Waals surface area contributed by atoms with Crippen molar-refractivity contribution in [3.8, 4) is 0 Å². The highest BCUT2D eigenvalue weighted by Gasteiger charge is 2.21. The fraction of sp³-hybridized carbons (Fsp3) is 0.600. The van der Waals surface area contributed by atoms with Gasteiger partial charge in [-0.25, -0.2) is 0 Å². The Morgan fingerprint density at radius 3 is 2.08 bits per heavy atom. The molecule has 2 N–H and O–H groups in total. The average molecular weight is 334 g/mol. The van der Waals surface area contributed by atoms with E-state index in [0.717, 1.165) is 61.6 Å². The van der Waals surface area contributed by atoms with Crippen LogP contribution in [0.3, 0.4) is 0 Å². The highest BCUT2D eigenvalue weighted by molar-refractivity contribution is 5.76. The number of carbonyl (C=O) groups is 2. The summed E-state index contributed by atoms with van der Waals surface area (Å²) in [7, 11) is 0. The summed E-state index contributed by atoms with van der Waals surface area (Å²) in [6.45, 7) is 4.01. The average Bonchev–Trinajstić information content (AvgIpc) is 2.52. The van der Waals surface area contributed by atoms with Crippen LogP contribution in [-0.2, 0) is 9.59 Å². The van der Waals surface area contributed by atoms with E-state index in [1.165, 1.54) is 0 Å². The summed E-state index contributed by atoms with van der Waals surface area (Å²) < 4.78 is 0. The van der Waals surface area contributed by atoms with Crippen LogP contribution in [0.5, 0.6) is 0 Å². The van der Waals surface area contributed by atoms with E-state index in [2.05, 4.69) is 0 Å². The molecule has 24 heavy (non-hydrogen) atoms. The molecule has 1 rings (SSSR count). The van der Waals surface area contributed by atoms with Gasteiger partial charge >= 0.3 is 11.9 Å². The molecule has 1 unspecified atom stereocenters. The van der Waals surface area contributed by atoms with Crippen LogP contribution >= 0.6 is 0 Å². The maximum Gasteiger partial charge on any atom is 0.310 e. The van der Waals surface area contributed by atoms with Gasteiger partial charge in [0.15, 0.2) is 0 Å². The zero-order valence-corrected chi connectivity index (χ0v) is 14.9. The molecule has 0 saturated heterocycles. The molecule has 0 aliphatic rings. The van der Waals surface area contributed by atoms with E-state index in [9.17, 15) is 14.7 Å². The van der Waals surface area contributed by atoms with Gasteiger partial charge < -0.3 is 10.2 Å². The largest absolute Gasteiger partial charge is 0.481 e. The summed E-state index contributed by atoms with van der Waals surface area (Å²) in [6, 6.07) is 5.89. The van der Waals surface area contributed by atoms with Crippen molar-refractivity contribution in [1.82, 2.24) is 0 Å². The topological polar surface area (TPSA) is 74.6 Å². The monoisotopic (exact) mass is 334 g/mol. The van der Waals surface area contributed by atoms with E-state index in [4.69, 9.17) is 5.11 Å². The third-order valence-electron chi connectivity index (χ3n) is 4.70. The quantitative estimate of drug-likeness (QED) is 0.523. The Hall–Kier alpha value is -1.84. The number of hydrogen-bond donors (Lipinski definition) is 2. The third kappa shape index (κ3) is 7.16. The number of carboxylic acid groups (broad SMARTS) is 2. The maximum atomic E-state index is 11.6. The second-order valence-electron chi connectivity index (χ2n) is 6.59. The lowest BCUT2D eigenvalue weighted by molar-refractivity contribution is -0.139. The number of hydrogen-bond acceptors (Lipinski definition) is 2. The lowest BCUT2D eigenvalue weighted by Gasteiger charge is -2.16. The van der Waals surface area contributed by atoms with E-state index in [1.54, 1.807) is 0 Å². The lowest BCUT2D eigenvalue weighted by Crippen LogP contribution is -2.13. The first-order chi connectivity index (χ1) is 11.4. The Bertz CT molecular complexity index is 536. The zero-order chi connectivity index (χ0) is 17.9. The SMILES string of the molecule is Cc1cccc(C(CCCCCCCCCC(=O)O)C(=O)O)c1C. The van der Waals surface area contributed by atoms with Gasteiger partial charge in [0.25, 0.3) is 0 Å². The first kappa shape index (κ1) is 20.2. The predicted molar refractivity (Wildman–Crippen MR) is 95.5 cm³/mol. The summed E-state index contributed by atoms with van der Waals surface area (Å²) in [5.74, 6) is -1.88. The van der Waals surface area contributed by atoms with Crippen molar-refractivity contribution in [3.05, 3.63) is 34.9 Å². The van der Waals surface area contributed by atoms with Crippen molar-refractivity contribution in [2.45, 2.75) is 77.6 Å². The lowest BCUT2D eigenvalue weighted by atomic mass is 9.88. The Morgan fingerprint density at radius 2 is 1.50 bits per heavy atom. The van der Waals surface area contributed by atoms with Crippen LogP contribution in [0.4, 0.5) is 0 Å². The molecule has 0 saturated carbocycles. The van der Waals surface area contributed by atoms with Gasteiger partial charge in [0, 0.05) is 6.42 Å². The van der Waals surface area contributed by atoms with E-state index in [-0.39, 0.29) is 6.42 Å². The van der Waals surface area contributed by atoms with Crippen molar-refractivity contribution >= 4 is 11.9 Å². The smallest absolute Gasteiger partial charge is 0.310 e. The standard InChI is InChI=1S/C20H30O4/c1-15-11-10-13-17(16(15)2)18(20(23)24)12-8-6-4-3-5-7-9-14-19(21)22/h10-11,13,18H,3-9,12,14H2,1-2H3,(H,21,22)(H,23,24). The Morgan fingerprint density at radius 1 is 0.917 bits per heavy atom. The normalized spacial score (nSPS) is 12.1. The van der Waals surface area contributed by atoms with Crippen LogP contribution in [0.2, 0.25) is 0 Å². The number of rotatable bonds is 12. The number of benzene rings is 1. The fourth-order valence-corrected chi connectivity index (χ4v) is 3.07. The first-order valence-corrected chi connectivity index (χ1v) is 8.94. The predicted octanol–water partition coefficient (Wildman–Crippen LogP) is 5.07. The highest BCUT2D eigenvalue weighted by Crippen LogP contribution is 2.27. The molecule has 0 aliphatic carbocycles. The number of aliphatic carboxylic acids is 2. The molecule has 4 heteroatoms. The van der Waals surface area contributed by atoms with E-state index in [0.29, 0.717) is 6.42 Å². The Labute approximate surface area is 144 Å². The molecule has 1 atom stereocenters. The summed E-state index contributed by atoms with van der Waals surface area (Å²) >= 11 is 0. The third-order valence-corrected chi connectivity index (χ3v) is 4.70. The zero-order valence-electron chi connectivity index (χ0n) is 14.9. The van der Waals surface area contributed by atoms with Crippen molar-refractivity contribution in [2.75, 3.05) is 0 Å². The second-order valence-corrected chi connectivity index (χ2v) is 6.59. The second kappa shape index (κ2) is 10.8. The summed E-state index contributed by atoms with van der Waals surface area (Å²) in [6.07, 6.45) is 7.86. The highest BCUT2D eigenvalue weighted by atomic mass is 16.4. The van der Waals surface area contributed by atoms with Crippen LogP contribution in [0.25, 0.3) is 0 Å². The minimum absolute atomic E-state index is 0.260. The van der Waals surface area contributed by atoms with E-state index in [1.807, 2.05) is 32.0 Å². The molecule has 0 radical (unpaired) electrons. The van der Waals surface area contributed by atoms with Crippen LogP contribution in [-0.4, -0.2) is 22.2 Å². The molecule has 0 amide bonds. The minimum Gasteiger partial charge on any atom is -0.481 e. The Balaban J connectivity index is 2.29. The number of aryl methyl sites for hydroxylation is 1. The van der Waals surface area contributed by atoms with Gasteiger partial charge in [-0.2, -0.15) is 0 Å². The Kier molecular flexibility index (Phi) is 9.13. The molecule has 0 fully saturated rings. The van der Waals surface area contributed by atoms with Crippen molar-refractivity contribution in [2.24, 2.45) is 0 Å². The summed E-state index contributed by atoms with van der Waals surface area (Å²) in [5, 5.41) is 18.1. The van der Waals surface area contributed by atoms with Gasteiger partial charge in [-0.1, -0.05) is 56.7 Å². The van der Waals surface area contributed by atoms with Gasteiger partial charge in [-0.15, -0.1) is 0 Å². The molecule has 0 heterocycles. The van der Waals surface area contributed by atoms with Crippen LogP contribution in [0.15, 0.2) is 18.2 Å². The molecule has 134 valence electrons. The van der Waals surface area contributed by atoms with E-state index >= 15 is 0 Å². The van der Waals surface area contributed by atoms with Gasteiger partial charge in [-0.05, 0) is 43.4 Å². The fourth-order valence-electron chi connectivity index (χ4n) is 3.07.